The Morgan fingerprint density at radius 3 is 2.78 bits per heavy atom. The van der Waals surface area contributed by atoms with Crippen LogP contribution in [0.5, 0.6) is 5.88 Å². The molecule has 0 N–H and O–H groups in total. The van der Waals surface area contributed by atoms with Crippen molar-refractivity contribution in [1.82, 2.24) is 14.7 Å². The maximum absolute atomic E-state index is 11.7. The van der Waals surface area contributed by atoms with Crippen LogP contribution in [0.2, 0.25) is 0 Å². The van der Waals surface area contributed by atoms with E-state index in [9.17, 15) is 4.79 Å². The maximum Gasteiger partial charge on any atom is 0.248 e. The van der Waals surface area contributed by atoms with Gasteiger partial charge < -0.3 is 14.4 Å². The topological polar surface area (TPSA) is 56.6 Å². The molecular formula is C21H23N3O3. The van der Waals surface area contributed by atoms with E-state index in [1.165, 1.54) is 16.3 Å². The third kappa shape index (κ3) is 3.80. The lowest BCUT2D eigenvalue weighted by Crippen LogP contribution is -2.43. The van der Waals surface area contributed by atoms with Crippen LogP contribution in [-0.4, -0.2) is 53.5 Å². The van der Waals surface area contributed by atoms with Gasteiger partial charge in [-0.2, -0.15) is 0 Å². The number of benzene rings is 2. The summed E-state index contributed by atoms with van der Waals surface area (Å²) in [5.74, 6) is 0.579. The van der Waals surface area contributed by atoms with Crippen LogP contribution in [0.1, 0.15) is 11.3 Å². The second kappa shape index (κ2) is 7.40. The molecule has 27 heavy (non-hydrogen) atoms. The number of amides is 1. The average molecular weight is 365 g/mol. The fourth-order valence-corrected chi connectivity index (χ4v) is 3.31. The molecule has 1 amide bonds. The van der Waals surface area contributed by atoms with Gasteiger partial charge in [0.05, 0.1) is 18.8 Å². The first kappa shape index (κ1) is 17.5. The smallest absolute Gasteiger partial charge is 0.248 e. The van der Waals surface area contributed by atoms with Crippen molar-refractivity contribution in [2.75, 3.05) is 32.9 Å². The summed E-state index contributed by atoms with van der Waals surface area (Å²) in [7, 11) is 0. The summed E-state index contributed by atoms with van der Waals surface area (Å²) in [6.07, 6.45) is 0. The van der Waals surface area contributed by atoms with E-state index < -0.39 is 0 Å². The third-order valence-corrected chi connectivity index (χ3v) is 4.78. The minimum Gasteiger partial charge on any atom is -0.475 e. The summed E-state index contributed by atoms with van der Waals surface area (Å²) in [5, 5.41) is 6.97. The molecular weight excluding hydrogens is 342 g/mol. The standard InChI is InChI=1S/C21H23N3O3/c1-15-3-4-18-13-19(6-5-17(18)11-15)24-16(2)12-20(22-24)27-10-8-23-7-9-26-14-21(23)25/h3-6,11-13H,7-10,14H2,1-2H3. The van der Waals surface area contributed by atoms with Gasteiger partial charge in [-0.15, -0.1) is 5.10 Å². The molecule has 0 atom stereocenters. The predicted octanol–water partition coefficient (Wildman–Crippen LogP) is 2.88. The normalized spacial score (nSPS) is 14.7. The zero-order chi connectivity index (χ0) is 18.8. The van der Waals surface area contributed by atoms with Crippen LogP contribution in [0.25, 0.3) is 16.5 Å². The Morgan fingerprint density at radius 2 is 1.93 bits per heavy atom. The Morgan fingerprint density at radius 1 is 1.11 bits per heavy atom. The van der Waals surface area contributed by atoms with Crippen LogP contribution in [0.4, 0.5) is 0 Å². The maximum atomic E-state index is 11.7. The number of fused-ring (bicyclic) bond motifs is 1. The predicted molar refractivity (Wildman–Crippen MR) is 103 cm³/mol. The summed E-state index contributed by atoms with van der Waals surface area (Å²) in [4.78, 5) is 13.5. The number of hydrogen-bond acceptors (Lipinski definition) is 4. The van der Waals surface area contributed by atoms with Crippen LogP contribution in [-0.2, 0) is 9.53 Å². The van der Waals surface area contributed by atoms with Gasteiger partial charge in [0.2, 0.25) is 11.8 Å². The average Bonchev–Trinajstić information content (AvgIpc) is 3.03. The molecule has 3 aromatic rings. The lowest BCUT2D eigenvalue weighted by molar-refractivity contribution is -0.143. The Kier molecular flexibility index (Phi) is 4.81. The summed E-state index contributed by atoms with van der Waals surface area (Å²) in [6, 6.07) is 14.6. The van der Waals surface area contributed by atoms with Crippen LogP contribution < -0.4 is 4.74 Å². The molecule has 6 nitrogen and oxygen atoms in total. The monoisotopic (exact) mass is 365 g/mol. The van der Waals surface area contributed by atoms with Gasteiger partial charge in [0.1, 0.15) is 13.2 Å². The SMILES string of the molecule is Cc1ccc2cc(-n3nc(OCCN4CCOCC4=O)cc3C)ccc2c1. The second-order valence-electron chi connectivity index (χ2n) is 6.85. The van der Waals surface area contributed by atoms with Crippen molar-refractivity contribution in [2.24, 2.45) is 0 Å². The number of hydrogen-bond donors (Lipinski definition) is 0. The summed E-state index contributed by atoms with van der Waals surface area (Å²) in [6.45, 7) is 6.43. The third-order valence-electron chi connectivity index (χ3n) is 4.78. The molecule has 1 fully saturated rings. The Hall–Kier alpha value is -2.86. The molecule has 1 aliphatic rings. The van der Waals surface area contributed by atoms with Gasteiger partial charge in [-0.25, -0.2) is 4.68 Å². The van der Waals surface area contributed by atoms with E-state index in [4.69, 9.17) is 9.47 Å². The van der Waals surface area contributed by atoms with E-state index >= 15 is 0 Å². The molecule has 1 aliphatic heterocycles. The molecule has 2 aromatic carbocycles. The summed E-state index contributed by atoms with van der Waals surface area (Å²) in [5.41, 5.74) is 3.25. The number of carbonyl (C=O) groups excluding carboxylic acids is 1. The van der Waals surface area contributed by atoms with Gasteiger partial charge >= 0.3 is 0 Å². The number of carbonyl (C=O) groups is 1. The second-order valence-corrected chi connectivity index (χ2v) is 6.85. The van der Waals surface area contributed by atoms with E-state index in [1.807, 2.05) is 17.7 Å². The minimum atomic E-state index is 0.0120. The highest BCUT2D eigenvalue weighted by Gasteiger charge is 2.18. The first-order chi connectivity index (χ1) is 13.1. The van der Waals surface area contributed by atoms with Crippen LogP contribution >= 0.6 is 0 Å². The quantitative estimate of drug-likeness (QED) is 0.698. The van der Waals surface area contributed by atoms with Gasteiger partial charge in [-0.3, -0.25) is 4.79 Å². The number of nitrogens with zero attached hydrogens (tertiary/aromatic N) is 3. The van der Waals surface area contributed by atoms with Crippen molar-refractivity contribution in [2.45, 2.75) is 13.8 Å². The largest absolute Gasteiger partial charge is 0.475 e. The highest BCUT2D eigenvalue weighted by Crippen LogP contribution is 2.22. The Bertz CT molecular complexity index is 980. The zero-order valence-corrected chi connectivity index (χ0v) is 15.6. The summed E-state index contributed by atoms with van der Waals surface area (Å²) >= 11 is 0. The Balaban J connectivity index is 1.46. The number of ether oxygens (including phenoxy) is 2. The highest BCUT2D eigenvalue weighted by molar-refractivity contribution is 5.85. The minimum absolute atomic E-state index is 0.0120. The lowest BCUT2D eigenvalue weighted by Gasteiger charge is -2.26. The fraction of sp³-hybridized carbons (Fsp3) is 0.333. The van der Waals surface area contributed by atoms with E-state index in [2.05, 4.69) is 48.4 Å². The Labute approximate surface area is 158 Å². The van der Waals surface area contributed by atoms with Gasteiger partial charge in [0, 0.05) is 18.3 Å². The number of aryl methyl sites for hydroxylation is 2. The van der Waals surface area contributed by atoms with Crippen molar-refractivity contribution >= 4 is 16.7 Å². The van der Waals surface area contributed by atoms with Crippen molar-refractivity contribution in [1.29, 1.82) is 0 Å². The molecule has 1 saturated heterocycles. The molecule has 0 radical (unpaired) electrons. The molecule has 1 aromatic heterocycles. The molecule has 140 valence electrons. The van der Waals surface area contributed by atoms with Crippen LogP contribution in [0, 0.1) is 13.8 Å². The number of aromatic nitrogens is 2. The first-order valence-electron chi connectivity index (χ1n) is 9.16. The molecule has 0 saturated carbocycles. The van der Waals surface area contributed by atoms with Gasteiger partial charge in [-0.05, 0) is 36.8 Å². The molecule has 0 aliphatic carbocycles. The zero-order valence-electron chi connectivity index (χ0n) is 15.6. The fourth-order valence-electron chi connectivity index (χ4n) is 3.31. The van der Waals surface area contributed by atoms with E-state index in [0.717, 1.165) is 11.4 Å². The van der Waals surface area contributed by atoms with Gasteiger partial charge in [0.15, 0.2) is 0 Å². The van der Waals surface area contributed by atoms with Crippen LogP contribution in [0.3, 0.4) is 0 Å². The lowest BCUT2D eigenvalue weighted by atomic mass is 10.1. The van der Waals surface area contributed by atoms with Crippen molar-refractivity contribution in [3.8, 4) is 11.6 Å². The number of morpholine rings is 1. The van der Waals surface area contributed by atoms with Crippen molar-refractivity contribution < 1.29 is 14.3 Å². The molecule has 0 bridgehead atoms. The van der Waals surface area contributed by atoms with E-state index in [1.54, 1.807) is 4.90 Å². The highest BCUT2D eigenvalue weighted by atomic mass is 16.5. The molecule has 0 unspecified atom stereocenters. The first-order valence-corrected chi connectivity index (χ1v) is 9.16. The van der Waals surface area contributed by atoms with Gasteiger partial charge in [-0.1, -0.05) is 29.8 Å². The van der Waals surface area contributed by atoms with E-state index in [-0.39, 0.29) is 12.5 Å². The number of rotatable bonds is 5. The van der Waals surface area contributed by atoms with E-state index in [0.29, 0.717) is 32.2 Å². The molecule has 2 heterocycles. The summed E-state index contributed by atoms with van der Waals surface area (Å²) < 4.78 is 12.8. The van der Waals surface area contributed by atoms with Crippen LogP contribution in [0.15, 0.2) is 42.5 Å². The molecule has 4 rings (SSSR count). The van der Waals surface area contributed by atoms with Crippen molar-refractivity contribution in [3.05, 3.63) is 53.7 Å². The van der Waals surface area contributed by atoms with Crippen molar-refractivity contribution in [3.63, 3.8) is 0 Å². The molecule has 6 heteroatoms. The molecule has 0 spiro atoms. The van der Waals surface area contributed by atoms with Gasteiger partial charge in [0.25, 0.3) is 0 Å².